The van der Waals surface area contributed by atoms with Crippen LogP contribution in [0.5, 0.6) is 0 Å². The highest BCUT2D eigenvalue weighted by molar-refractivity contribution is 4.62. The fraction of sp³-hybridized carbons (Fsp3) is 1.00. The summed E-state index contributed by atoms with van der Waals surface area (Å²) in [4.78, 5) is 1.94. The van der Waals surface area contributed by atoms with E-state index < -0.39 is 0 Å². The minimum atomic E-state index is 0.0908. The molecule has 4 N–H and O–H groups in total. The van der Waals surface area contributed by atoms with Gasteiger partial charge < -0.3 is 15.9 Å². The van der Waals surface area contributed by atoms with Gasteiger partial charge in [0, 0.05) is 25.7 Å². The standard InChI is InChI=1S/C7H18N2O2/c1-7(8)6-9(2-4-10)3-5-11/h7,10-11H,2-6,8H2,1H3. The topological polar surface area (TPSA) is 69.7 Å². The molecule has 4 nitrogen and oxygen atoms in total. The van der Waals surface area contributed by atoms with Gasteiger partial charge in [-0.3, -0.25) is 4.90 Å². The van der Waals surface area contributed by atoms with Gasteiger partial charge in [-0.05, 0) is 6.92 Å². The Balaban J connectivity index is 3.50. The third-order valence-electron chi connectivity index (χ3n) is 1.38. The van der Waals surface area contributed by atoms with Gasteiger partial charge in [-0.25, -0.2) is 0 Å². The number of hydrogen-bond donors (Lipinski definition) is 3. The minimum absolute atomic E-state index is 0.0908. The zero-order valence-corrected chi connectivity index (χ0v) is 7.03. The number of aliphatic hydroxyl groups is 2. The highest BCUT2D eigenvalue weighted by Crippen LogP contribution is 1.88. The molecule has 0 fully saturated rings. The first-order valence-corrected chi connectivity index (χ1v) is 3.90. The molecule has 0 aromatic carbocycles. The van der Waals surface area contributed by atoms with Crippen molar-refractivity contribution in [2.75, 3.05) is 32.8 Å². The quantitative estimate of drug-likeness (QED) is 0.450. The first-order chi connectivity index (χ1) is 5.20. The van der Waals surface area contributed by atoms with Crippen LogP contribution < -0.4 is 5.73 Å². The molecule has 0 aliphatic rings. The monoisotopic (exact) mass is 162 g/mol. The van der Waals surface area contributed by atoms with Gasteiger partial charge in [0.2, 0.25) is 0 Å². The van der Waals surface area contributed by atoms with Crippen molar-refractivity contribution in [2.24, 2.45) is 5.73 Å². The Morgan fingerprint density at radius 3 is 2.00 bits per heavy atom. The van der Waals surface area contributed by atoms with Gasteiger partial charge in [0.05, 0.1) is 13.2 Å². The third kappa shape index (κ3) is 6.25. The van der Waals surface area contributed by atoms with Gasteiger partial charge in [0.1, 0.15) is 0 Å². The number of rotatable bonds is 6. The molecule has 1 unspecified atom stereocenters. The highest BCUT2D eigenvalue weighted by Gasteiger charge is 2.04. The van der Waals surface area contributed by atoms with E-state index in [0.717, 1.165) is 6.54 Å². The Morgan fingerprint density at radius 1 is 1.27 bits per heavy atom. The van der Waals surface area contributed by atoms with E-state index in [1.807, 2.05) is 11.8 Å². The van der Waals surface area contributed by atoms with Crippen LogP contribution in [0.4, 0.5) is 0 Å². The summed E-state index contributed by atoms with van der Waals surface area (Å²) in [6.07, 6.45) is 0. The molecule has 0 aliphatic carbocycles. The zero-order chi connectivity index (χ0) is 8.69. The maximum atomic E-state index is 8.61. The van der Waals surface area contributed by atoms with Crippen LogP contribution in [-0.2, 0) is 0 Å². The van der Waals surface area contributed by atoms with Crippen LogP contribution >= 0.6 is 0 Å². The van der Waals surface area contributed by atoms with Crippen LogP contribution in [0.25, 0.3) is 0 Å². The summed E-state index contributed by atoms with van der Waals surface area (Å²) in [5, 5.41) is 17.2. The lowest BCUT2D eigenvalue weighted by Gasteiger charge is -2.21. The van der Waals surface area contributed by atoms with Gasteiger partial charge in [-0.15, -0.1) is 0 Å². The predicted octanol–water partition coefficient (Wildman–Crippen LogP) is -1.38. The lowest BCUT2D eigenvalue weighted by molar-refractivity contribution is 0.157. The molecular formula is C7H18N2O2. The Morgan fingerprint density at radius 2 is 1.73 bits per heavy atom. The lowest BCUT2D eigenvalue weighted by Crippen LogP contribution is -2.38. The average Bonchev–Trinajstić information content (AvgIpc) is 1.87. The molecular weight excluding hydrogens is 144 g/mol. The molecule has 1 atom stereocenters. The molecule has 0 saturated heterocycles. The highest BCUT2D eigenvalue weighted by atomic mass is 16.3. The largest absolute Gasteiger partial charge is 0.395 e. The van der Waals surface area contributed by atoms with Gasteiger partial charge >= 0.3 is 0 Å². The van der Waals surface area contributed by atoms with Crippen LogP contribution in [0.1, 0.15) is 6.92 Å². The van der Waals surface area contributed by atoms with Crippen molar-refractivity contribution in [3.8, 4) is 0 Å². The summed E-state index contributed by atoms with van der Waals surface area (Å²) in [6, 6.07) is 0.0908. The molecule has 0 rings (SSSR count). The average molecular weight is 162 g/mol. The third-order valence-corrected chi connectivity index (χ3v) is 1.38. The van der Waals surface area contributed by atoms with Crippen LogP contribution in [-0.4, -0.2) is 54.0 Å². The van der Waals surface area contributed by atoms with Gasteiger partial charge in [-0.2, -0.15) is 0 Å². The summed E-state index contributed by atoms with van der Waals surface area (Å²) in [7, 11) is 0. The van der Waals surface area contributed by atoms with Gasteiger partial charge in [0.25, 0.3) is 0 Å². The van der Waals surface area contributed by atoms with Crippen LogP contribution in [0.15, 0.2) is 0 Å². The van der Waals surface area contributed by atoms with E-state index in [9.17, 15) is 0 Å². The normalized spacial score (nSPS) is 13.9. The molecule has 68 valence electrons. The summed E-state index contributed by atoms with van der Waals surface area (Å²) >= 11 is 0. The molecule has 0 radical (unpaired) electrons. The molecule has 11 heavy (non-hydrogen) atoms. The van der Waals surface area contributed by atoms with E-state index in [-0.39, 0.29) is 19.3 Å². The number of nitrogens with two attached hydrogens (primary N) is 1. The molecule has 0 bridgehead atoms. The number of hydrogen-bond acceptors (Lipinski definition) is 4. The first kappa shape index (κ1) is 10.8. The van der Waals surface area contributed by atoms with Crippen molar-refractivity contribution in [1.82, 2.24) is 4.90 Å². The van der Waals surface area contributed by atoms with E-state index in [4.69, 9.17) is 15.9 Å². The fourth-order valence-electron chi connectivity index (χ4n) is 0.984. The van der Waals surface area contributed by atoms with Crippen LogP contribution in [0, 0.1) is 0 Å². The second kappa shape index (κ2) is 6.54. The zero-order valence-electron chi connectivity index (χ0n) is 7.03. The maximum Gasteiger partial charge on any atom is 0.0558 e. The SMILES string of the molecule is CC(N)CN(CCO)CCO. The summed E-state index contributed by atoms with van der Waals surface area (Å²) in [5.74, 6) is 0. The fourth-order valence-corrected chi connectivity index (χ4v) is 0.984. The van der Waals surface area contributed by atoms with Crippen molar-refractivity contribution in [1.29, 1.82) is 0 Å². The molecule has 4 heteroatoms. The van der Waals surface area contributed by atoms with E-state index in [0.29, 0.717) is 13.1 Å². The second-order valence-corrected chi connectivity index (χ2v) is 2.73. The minimum Gasteiger partial charge on any atom is -0.395 e. The Kier molecular flexibility index (Phi) is 6.45. The predicted molar refractivity (Wildman–Crippen MR) is 44.3 cm³/mol. The van der Waals surface area contributed by atoms with E-state index in [1.54, 1.807) is 0 Å². The van der Waals surface area contributed by atoms with Gasteiger partial charge in [0.15, 0.2) is 0 Å². The Bertz CT molecular complexity index is 82.5. The van der Waals surface area contributed by atoms with Crippen LogP contribution in [0.2, 0.25) is 0 Å². The lowest BCUT2D eigenvalue weighted by atomic mass is 10.3. The first-order valence-electron chi connectivity index (χ1n) is 3.90. The van der Waals surface area contributed by atoms with Crippen molar-refractivity contribution < 1.29 is 10.2 Å². The Labute approximate surface area is 67.6 Å². The molecule has 0 heterocycles. The molecule has 0 amide bonds. The molecule has 0 spiro atoms. The smallest absolute Gasteiger partial charge is 0.0558 e. The molecule has 0 aliphatic heterocycles. The van der Waals surface area contributed by atoms with Crippen LogP contribution in [0.3, 0.4) is 0 Å². The van der Waals surface area contributed by atoms with Gasteiger partial charge in [-0.1, -0.05) is 0 Å². The number of aliphatic hydroxyl groups excluding tert-OH is 2. The van der Waals surface area contributed by atoms with Crippen molar-refractivity contribution in [3.63, 3.8) is 0 Å². The number of nitrogens with zero attached hydrogens (tertiary/aromatic N) is 1. The molecule has 0 saturated carbocycles. The second-order valence-electron chi connectivity index (χ2n) is 2.73. The summed E-state index contributed by atoms with van der Waals surface area (Å²) < 4.78 is 0. The van der Waals surface area contributed by atoms with Crippen molar-refractivity contribution in [3.05, 3.63) is 0 Å². The maximum absolute atomic E-state index is 8.61. The molecule has 0 aromatic heterocycles. The van der Waals surface area contributed by atoms with Crippen molar-refractivity contribution >= 4 is 0 Å². The van der Waals surface area contributed by atoms with E-state index in [1.165, 1.54) is 0 Å². The summed E-state index contributed by atoms with van der Waals surface area (Å²) in [6.45, 7) is 4.03. The van der Waals surface area contributed by atoms with E-state index in [2.05, 4.69) is 0 Å². The molecule has 0 aromatic rings. The summed E-state index contributed by atoms with van der Waals surface area (Å²) in [5.41, 5.74) is 5.55. The Hall–Kier alpha value is -0.160. The van der Waals surface area contributed by atoms with E-state index >= 15 is 0 Å². The van der Waals surface area contributed by atoms with Crippen molar-refractivity contribution in [2.45, 2.75) is 13.0 Å².